The molecule has 2 rings (SSSR count). The van der Waals surface area contributed by atoms with Crippen LogP contribution in [0, 0.1) is 6.92 Å². The molecule has 0 aromatic carbocycles. The zero-order valence-electron chi connectivity index (χ0n) is 8.99. The van der Waals surface area contributed by atoms with E-state index in [1.54, 1.807) is 13.8 Å². The number of aryl methyl sites for hydroxylation is 1. The van der Waals surface area contributed by atoms with Gasteiger partial charge in [-0.2, -0.15) is 0 Å². The topological polar surface area (TPSA) is 72.3 Å². The van der Waals surface area contributed by atoms with E-state index in [0.29, 0.717) is 11.1 Å². The van der Waals surface area contributed by atoms with Gasteiger partial charge in [0.05, 0.1) is 18.3 Å². The van der Waals surface area contributed by atoms with Crippen LogP contribution in [0.15, 0.2) is 21.5 Å². The number of aromatic nitrogens is 1. The summed E-state index contributed by atoms with van der Waals surface area (Å²) in [6.07, 6.45) is 1.38. The van der Waals surface area contributed by atoms with Gasteiger partial charge in [0, 0.05) is 5.69 Å². The highest BCUT2D eigenvalue weighted by atomic mass is 16.5. The molecule has 0 atom stereocenters. The molecule has 0 bridgehead atoms. The molecular weight excluding hydrogens is 210 g/mol. The van der Waals surface area contributed by atoms with Gasteiger partial charge in [-0.3, -0.25) is 4.79 Å². The third-order valence-corrected chi connectivity index (χ3v) is 2.29. The Balaban J connectivity index is 2.73. The van der Waals surface area contributed by atoms with Gasteiger partial charge < -0.3 is 14.1 Å². The molecule has 0 aliphatic carbocycles. The van der Waals surface area contributed by atoms with Crippen LogP contribution in [0.3, 0.4) is 0 Å². The molecule has 2 heterocycles. The first kappa shape index (κ1) is 10.5. The van der Waals surface area contributed by atoms with Gasteiger partial charge in [0.2, 0.25) is 0 Å². The average Bonchev–Trinajstić information content (AvgIpc) is 2.66. The van der Waals surface area contributed by atoms with Crippen molar-refractivity contribution in [3.8, 4) is 0 Å². The van der Waals surface area contributed by atoms with Crippen LogP contribution in [-0.2, 0) is 4.74 Å². The minimum Gasteiger partial charge on any atom is -0.463 e. The highest BCUT2D eigenvalue weighted by Crippen LogP contribution is 2.19. The number of H-pyrrole nitrogens is 1. The van der Waals surface area contributed by atoms with E-state index in [-0.39, 0.29) is 23.3 Å². The number of carbonyl (C=O) groups excluding carboxylic acids is 1. The Kier molecular flexibility index (Phi) is 2.52. The maximum atomic E-state index is 11.7. The fourth-order valence-electron chi connectivity index (χ4n) is 1.60. The lowest BCUT2D eigenvalue weighted by atomic mass is 10.1. The summed E-state index contributed by atoms with van der Waals surface area (Å²) < 4.78 is 10.1. The van der Waals surface area contributed by atoms with E-state index in [1.165, 1.54) is 12.3 Å². The molecule has 84 valence electrons. The first-order valence-electron chi connectivity index (χ1n) is 4.92. The SMILES string of the molecule is CCOC(=O)c1c(C)[nH]c(=O)c2ccoc12. The second kappa shape index (κ2) is 3.84. The van der Waals surface area contributed by atoms with Crippen molar-refractivity contribution in [1.29, 1.82) is 0 Å². The summed E-state index contributed by atoms with van der Waals surface area (Å²) in [5, 5.41) is 0.355. The number of ether oxygens (including phenoxy) is 1. The number of esters is 1. The number of furan rings is 1. The highest BCUT2D eigenvalue weighted by molar-refractivity contribution is 6.02. The van der Waals surface area contributed by atoms with E-state index in [0.717, 1.165) is 0 Å². The number of fused-ring (bicyclic) bond motifs is 1. The smallest absolute Gasteiger partial charge is 0.343 e. The number of rotatable bonds is 2. The summed E-state index contributed by atoms with van der Waals surface area (Å²) in [7, 11) is 0. The summed E-state index contributed by atoms with van der Waals surface area (Å²) in [5.74, 6) is -0.490. The van der Waals surface area contributed by atoms with Crippen LogP contribution in [0.25, 0.3) is 11.0 Å². The molecule has 0 saturated carbocycles. The summed E-state index contributed by atoms with van der Waals surface area (Å²) in [6, 6.07) is 1.52. The Morgan fingerprint density at radius 2 is 2.31 bits per heavy atom. The van der Waals surface area contributed by atoms with Crippen LogP contribution in [0.2, 0.25) is 0 Å². The molecule has 5 nitrogen and oxygen atoms in total. The lowest BCUT2D eigenvalue weighted by Crippen LogP contribution is -2.14. The van der Waals surface area contributed by atoms with Crippen LogP contribution in [0.1, 0.15) is 23.0 Å². The molecule has 2 aromatic heterocycles. The fourth-order valence-corrected chi connectivity index (χ4v) is 1.60. The maximum Gasteiger partial charge on any atom is 0.343 e. The third-order valence-electron chi connectivity index (χ3n) is 2.29. The molecule has 16 heavy (non-hydrogen) atoms. The average molecular weight is 221 g/mol. The standard InChI is InChI=1S/C11H11NO4/c1-3-15-11(14)8-6(2)12-10(13)7-4-5-16-9(7)8/h4-5H,3H2,1-2H3,(H,12,13). The fraction of sp³-hybridized carbons (Fsp3) is 0.273. The molecule has 0 spiro atoms. The van der Waals surface area contributed by atoms with Gasteiger partial charge in [0.1, 0.15) is 5.56 Å². The van der Waals surface area contributed by atoms with Gasteiger partial charge in [-0.15, -0.1) is 0 Å². The number of hydrogen-bond donors (Lipinski definition) is 1. The monoisotopic (exact) mass is 221 g/mol. The van der Waals surface area contributed by atoms with Crippen LogP contribution in [-0.4, -0.2) is 17.6 Å². The molecule has 0 unspecified atom stereocenters. The lowest BCUT2D eigenvalue weighted by Gasteiger charge is -2.05. The zero-order chi connectivity index (χ0) is 11.7. The normalized spacial score (nSPS) is 10.6. The number of nitrogens with one attached hydrogen (secondary N) is 1. The molecule has 0 amide bonds. The van der Waals surface area contributed by atoms with Crippen molar-refractivity contribution in [3.63, 3.8) is 0 Å². The van der Waals surface area contributed by atoms with Crippen LogP contribution in [0.4, 0.5) is 0 Å². The Morgan fingerprint density at radius 1 is 1.56 bits per heavy atom. The van der Waals surface area contributed by atoms with E-state index in [4.69, 9.17) is 9.15 Å². The number of aromatic amines is 1. The quantitative estimate of drug-likeness (QED) is 0.782. The highest BCUT2D eigenvalue weighted by Gasteiger charge is 2.19. The first-order chi connectivity index (χ1) is 7.65. The molecule has 5 heteroatoms. The molecule has 2 aromatic rings. The molecule has 0 saturated heterocycles. The zero-order valence-corrected chi connectivity index (χ0v) is 8.99. The predicted molar refractivity (Wildman–Crippen MR) is 57.5 cm³/mol. The predicted octanol–water partition coefficient (Wildman–Crippen LogP) is 1.61. The minimum absolute atomic E-state index is 0.269. The minimum atomic E-state index is -0.490. The van der Waals surface area contributed by atoms with Crippen molar-refractivity contribution < 1.29 is 13.9 Å². The Bertz CT molecular complexity index is 594. The summed E-state index contributed by atoms with van der Waals surface area (Å²) in [6.45, 7) is 3.63. The third kappa shape index (κ3) is 1.50. The van der Waals surface area contributed by atoms with Crippen molar-refractivity contribution in [3.05, 3.63) is 33.9 Å². The van der Waals surface area contributed by atoms with E-state index >= 15 is 0 Å². The van der Waals surface area contributed by atoms with Gasteiger partial charge in [0.25, 0.3) is 5.56 Å². The molecular formula is C11H11NO4. The second-order valence-corrected chi connectivity index (χ2v) is 3.34. The van der Waals surface area contributed by atoms with Gasteiger partial charge in [0.15, 0.2) is 5.58 Å². The number of hydrogen-bond acceptors (Lipinski definition) is 4. The van der Waals surface area contributed by atoms with Crippen molar-refractivity contribution in [1.82, 2.24) is 4.98 Å². The number of carbonyl (C=O) groups is 1. The van der Waals surface area contributed by atoms with E-state index < -0.39 is 5.97 Å². The van der Waals surface area contributed by atoms with Crippen molar-refractivity contribution in [2.24, 2.45) is 0 Å². The molecule has 0 aliphatic heterocycles. The Labute approximate surface area is 91.0 Å². The molecule has 0 aliphatic rings. The molecule has 1 N–H and O–H groups in total. The van der Waals surface area contributed by atoms with Crippen molar-refractivity contribution in [2.75, 3.05) is 6.61 Å². The van der Waals surface area contributed by atoms with Gasteiger partial charge in [-0.05, 0) is 19.9 Å². The van der Waals surface area contributed by atoms with Crippen LogP contribution < -0.4 is 5.56 Å². The first-order valence-corrected chi connectivity index (χ1v) is 4.92. The van der Waals surface area contributed by atoms with E-state index in [1.807, 2.05) is 0 Å². The van der Waals surface area contributed by atoms with Gasteiger partial charge in [-0.25, -0.2) is 4.79 Å². The van der Waals surface area contributed by atoms with Crippen LogP contribution in [0.5, 0.6) is 0 Å². The van der Waals surface area contributed by atoms with E-state index in [9.17, 15) is 9.59 Å². The number of pyridine rings is 1. The van der Waals surface area contributed by atoms with E-state index in [2.05, 4.69) is 4.98 Å². The molecule has 0 fully saturated rings. The summed E-state index contributed by atoms with van der Waals surface area (Å²) in [4.78, 5) is 25.8. The second-order valence-electron chi connectivity index (χ2n) is 3.34. The largest absolute Gasteiger partial charge is 0.463 e. The Morgan fingerprint density at radius 3 is 3.00 bits per heavy atom. The lowest BCUT2D eigenvalue weighted by molar-refractivity contribution is 0.0526. The summed E-state index contributed by atoms with van der Waals surface area (Å²) >= 11 is 0. The Hall–Kier alpha value is -2.04. The van der Waals surface area contributed by atoms with Gasteiger partial charge in [-0.1, -0.05) is 0 Å². The van der Waals surface area contributed by atoms with Gasteiger partial charge >= 0.3 is 5.97 Å². The van der Waals surface area contributed by atoms with Crippen molar-refractivity contribution in [2.45, 2.75) is 13.8 Å². The maximum absolute atomic E-state index is 11.7. The molecule has 0 radical (unpaired) electrons. The summed E-state index contributed by atoms with van der Waals surface area (Å²) in [5.41, 5.74) is 0.737. The van der Waals surface area contributed by atoms with Crippen LogP contribution >= 0.6 is 0 Å². The van der Waals surface area contributed by atoms with Crippen molar-refractivity contribution >= 4 is 16.9 Å².